The SMILES string of the molecule is CCC(C)Cc1onc(N)c1-c1ccc(F)cc1. The van der Waals surface area contributed by atoms with E-state index < -0.39 is 0 Å². The summed E-state index contributed by atoms with van der Waals surface area (Å²) in [7, 11) is 0. The van der Waals surface area contributed by atoms with E-state index >= 15 is 0 Å². The van der Waals surface area contributed by atoms with E-state index in [9.17, 15) is 4.39 Å². The molecule has 1 aromatic heterocycles. The van der Waals surface area contributed by atoms with Gasteiger partial charge in [-0.15, -0.1) is 0 Å². The molecule has 0 saturated heterocycles. The number of nitrogen functional groups attached to an aromatic ring is 1. The quantitative estimate of drug-likeness (QED) is 0.898. The molecule has 18 heavy (non-hydrogen) atoms. The third-order valence-corrected chi connectivity index (χ3v) is 3.15. The molecule has 0 aliphatic rings. The predicted octanol–water partition coefficient (Wildman–Crippen LogP) is 3.65. The number of anilines is 1. The highest BCUT2D eigenvalue weighted by atomic mass is 19.1. The van der Waals surface area contributed by atoms with Crippen molar-refractivity contribution in [3.63, 3.8) is 0 Å². The van der Waals surface area contributed by atoms with E-state index in [0.717, 1.165) is 29.7 Å². The van der Waals surface area contributed by atoms with Gasteiger partial charge in [-0.25, -0.2) is 4.39 Å². The van der Waals surface area contributed by atoms with E-state index in [0.29, 0.717) is 11.7 Å². The fraction of sp³-hybridized carbons (Fsp3) is 0.357. The second-order valence-electron chi connectivity index (χ2n) is 4.59. The van der Waals surface area contributed by atoms with Crippen LogP contribution in [0.25, 0.3) is 11.1 Å². The van der Waals surface area contributed by atoms with Crippen LogP contribution in [0.3, 0.4) is 0 Å². The van der Waals surface area contributed by atoms with Gasteiger partial charge in [-0.2, -0.15) is 0 Å². The Morgan fingerprint density at radius 2 is 2.00 bits per heavy atom. The van der Waals surface area contributed by atoms with Crippen molar-refractivity contribution >= 4 is 5.82 Å². The Morgan fingerprint density at radius 3 is 2.61 bits per heavy atom. The highest BCUT2D eigenvalue weighted by molar-refractivity contribution is 5.75. The van der Waals surface area contributed by atoms with E-state index in [4.69, 9.17) is 10.3 Å². The second kappa shape index (κ2) is 5.21. The minimum absolute atomic E-state index is 0.266. The second-order valence-corrected chi connectivity index (χ2v) is 4.59. The number of halogens is 1. The average molecular weight is 248 g/mol. The topological polar surface area (TPSA) is 52.0 Å². The van der Waals surface area contributed by atoms with Crippen LogP contribution in [0.2, 0.25) is 0 Å². The van der Waals surface area contributed by atoms with Crippen molar-refractivity contribution in [1.29, 1.82) is 0 Å². The van der Waals surface area contributed by atoms with Crippen LogP contribution in [-0.4, -0.2) is 5.16 Å². The van der Waals surface area contributed by atoms with Crippen LogP contribution < -0.4 is 5.73 Å². The zero-order chi connectivity index (χ0) is 13.1. The summed E-state index contributed by atoms with van der Waals surface area (Å²) in [5.41, 5.74) is 7.46. The molecule has 4 heteroatoms. The van der Waals surface area contributed by atoms with Crippen molar-refractivity contribution in [3.8, 4) is 11.1 Å². The van der Waals surface area contributed by atoms with E-state index in [-0.39, 0.29) is 5.82 Å². The summed E-state index contributed by atoms with van der Waals surface area (Å²) in [6.07, 6.45) is 1.84. The van der Waals surface area contributed by atoms with Gasteiger partial charge in [0.05, 0.1) is 5.56 Å². The van der Waals surface area contributed by atoms with E-state index in [1.54, 1.807) is 12.1 Å². The van der Waals surface area contributed by atoms with Gasteiger partial charge in [0.15, 0.2) is 5.82 Å². The smallest absolute Gasteiger partial charge is 0.175 e. The van der Waals surface area contributed by atoms with Crippen LogP contribution in [0.1, 0.15) is 26.0 Å². The molecule has 2 N–H and O–H groups in total. The largest absolute Gasteiger partial charge is 0.380 e. The van der Waals surface area contributed by atoms with Crippen LogP contribution >= 0.6 is 0 Å². The number of benzene rings is 1. The number of hydrogen-bond donors (Lipinski definition) is 1. The molecule has 1 heterocycles. The molecule has 0 saturated carbocycles. The third kappa shape index (κ3) is 2.53. The third-order valence-electron chi connectivity index (χ3n) is 3.15. The van der Waals surface area contributed by atoms with Gasteiger partial charge in [0.2, 0.25) is 0 Å². The maximum atomic E-state index is 12.9. The summed E-state index contributed by atoms with van der Waals surface area (Å²) < 4.78 is 18.2. The molecule has 0 amide bonds. The molecule has 2 aromatic rings. The zero-order valence-corrected chi connectivity index (χ0v) is 10.6. The van der Waals surface area contributed by atoms with Gasteiger partial charge in [0.1, 0.15) is 11.6 Å². The lowest BCUT2D eigenvalue weighted by Gasteiger charge is -2.07. The summed E-state index contributed by atoms with van der Waals surface area (Å²) >= 11 is 0. The van der Waals surface area contributed by atoms with Gasteiger partial charge in [0, 0.05) is 6.42 Å². The predicted molar refractivity (Wildman–Crippen MR) is 69.5 cm³/mol. The maximum Gasteiger partial charge on any atom is 0.175 e. The van der Waals surface area contributed by atoms with E-state index in [2.05, 4.69) is 19.0 Å². The maximum absolute atomic E-state index is 12.9. The van der Waals surface area contributed by atoms with Gasteiger partial charge >= 0.3 is 0 Å². The molecular formula is C14H17FN2O. The zero-order valence-electron chi connectivity index (χ0n) is 10.6. The highest BCUT2D eigenvalue weighted by Gasteiger charge is 2.17. The fourth-order valence-corrected chi connectivity index (χ4v) is 1.86. The molecule has 0 aliphatic heterocycles. The van der Waals surface area contributed by atoms with Gasteiger partial charge in [-0.3, -0.25) is 0 Å². The van der Waals surface area contributed by atoms with Crippen LogP contribution in [0.5, 0.6) is 0 Å². The lowest BCUT2D eigenvalue weighted by molar-refractivity contribution is 0.364. The Hall–Kier alpha value is -1.84. The molecule has 0 radical (unpaired) electrons. The van der Waals surface area contributed by atoms with Crippen LogP contribution in [-0.2, 0) is 6.42 Å². The summed E-state index contributed by atoms with van der Waals surface area (Å²) in [6.45, 7) is 4.27. The minimum Gasteiger partial charge on any atom is -0.380 e. The molecule has 0 fully saturated rings. The molecule has 0 aliphatic carbocycles. The summed E-state index contributed by atoms with van der Waals surface area (Å²) in [5.74, 6) is 1.36. The first-order chi connectivity index (χ1) is 8.61. The number of hydrogen-bond acceptors (Lipinski definition) is 3. The standard InChI is InChI=1S/C14H17FN2O/c1-3-9(2)8-12-13(14(16)17-18-12)10-4-6-11(15)7-5-10/h4-7,9H,3,8H2,1-2H3,(H2,16,17). The highest BCUT2D eigenvalue weighted by Crippen LogP contribution is 2.31. The summed E-state index contributed by atoms with van der Waals surface area (Å²) in [5, 5.41) is 3.81. The van der Waals surface area contributed by atoms with Crippen LogP contribution in [0.4, 0.5) is 10.2 Å². The van der Waals surface area contributed by atoms with Crippen LogP contribution in [0.15, 0.2) is 28.8 Å². The van der Waals surface area contributed by atoms with Gasteiger partial charge < -0.3 is 10.3 Å². The van der Waals surface area contributed by atoms with E-state index in [1.165, 1.54) is 12.1 Å². The molecule has 0 bridgehead atoms. The normalized spacial score (nSPS) is 12.6. The van der Waals surface area contributed by atoms with Gasteiger partial charge in [0.25, 0.3) is 0 Å². The monoisotopic (exact) mass is 248 g/mol. The number of nitrogens with zero attached hydrogens (tertiary/aromatic N) is 1. The number of nitrogens with two attached hydrogens (primary N) is 1. The first-order valence-corrected chi connectivity index (χ1v) is 6.11. The van der Waals surface area contributed by atoms with Crippen molar-refractivity contribution in [2.45, 2.75) is 26.7 Å². The fourth-order valence-electron chi connectivity index (χ4n) is 1.86. The Morgan fingerprint density at radius 1 is 1.33 bits per heavy atom. The Labute approximate surface area is 106 Å². The molecule has 2 rings (SSSR count). The lowest BCUT2D eigenvalue weighted by atomic mass is 9.98. The van der Waals surface area contributed by atoms with Crippen molar-refractivity contribution < 1.29 is 8.91 Å². The van der Waals surface area contributed by atoms with Crippen molar-refractivity contribution in [2.75, 3.05) is 5.73 Å². The summed E-state index contributed by atoms with van der Waals surface area (Å²) in [6, 6.07) is 6.21. The molecule has 1 atom stereocenters. The first-order valence-electron chi connectivity index (χ1n) is 6.11. The Kier molecular flexibility index (Phi) is 3.65. The molecular weight excluding hydrogens is 231 g/mol. The van der Waals surface area contributed by atoms with E-state index in [1.807, 2.05) is 0 Å². The van der Waals surface area contributed by atoms with Crippen molar-refractivity contribution in [3.05, 3.63) is 35.8 Å². The Balaban J connectivity index is 2.37. The van der Waals surface area contributed by atoms with Gasteiger partial charge in [-0.05, 0) is 23.6 Å². The first kappa shape index (κ1) is 12.6. The number of aromatic nitrogens is 1. The minimum atomic E-state index is -0.266. The molecule has 1 aromatic carbocycles. The summed E-state index contributed by atoms with van der Waals surface area (Å²) in [4.78, 5) is 0. The number of rotatable bonds is 4. The Bertz CT molecular complexity index is 519. The average Bonchev–Trinajstić information content (AvgIpc) is 2.72. The van der Waals surface area contributed by atoms with Gasteiger partial charge in [-0.1, -0.05) is 37.6 Å². The van der Waals surface area contributed by atoms with Crippen molar-refractivity contribution in [1.82, 2.24) is 5.16 Å². The molecule has 96 valence electrons. The van der Waals surface area contributed by atoms with Crippen molar-refractivity contribution in [2.24, 2.45) is 5.92 Å². The lowest BCUT2D eigenvalue weighted by Crippen LogP contribution is -1.98. The molecule has 0 spiro atoms. The van der Waals surface area contributed by atoms with Crippen LogP contribution in [0, 0.1) is 11.7 Å². The molecule has 3 nitrogen and oxygen atoms in total. The molecule has 1 unspecified atom stereocenters.